The first kappa shape index (κ1) is 14.1. The third-order valence-corrected chi connectivity index (χ3v) is 3.95. The molecule has 1 aromatic rings. The van der Waals surface area contributed by atoms with E-state index in [4.69, 9.17) is 5.73 Å². The summed E-state index contributed by atoms with van der Waals surface area (Å²) in [7, 11) is 0. The fourth-order valence-electron chi connectivity index (χ4n) is 2.73. The number of benzene rings is 1. The van der Waals surface area contributed by atoms with Crippen LogP contribution >= 0.6 is 0 Å². The minimum Gasteiger partial charge on any atom is -0.328 e. The van der Waals surface area contributed by atoms with E-state index >= 15 is 0 Å². The van der Waals surface area contributed by atoms with Gasteiger partial charge in [0.2, 0.25) is 0 Å². The molecular weight excluding hydrogens is 232 g/mol. The van der Waals surface area contributed by atoms with Gasteiger partial charge in [-0.15, -0.1) is 0 Å². The lowest BCUT2D eigenvalue weighted by Crippen LogP contribution is -2.40. The average molecular weight is 256 g/mol. The van der Waals surface area contributed by atoms with Crippen LogP contribution in [0.4, 0.5) is 0 Å². The highest BCUT2D eigenvalue weighted by Crippen LogP contribution is 2.21. The van der Waals surface area contributed by atoms with E-state index in [1.165, 1.54) is 12.8 Å². The molecule has 1 saturated carbocycles. The lowest BCUT2D eigenvalue weighted by molar-refractivity contribution is 0.175. The van der Waals surface area contributed by atoms with E-state index in [-0.39, 0.29) is 0 Å². The number of hydrogen-bond acceptors (Lipinski definition) is 2. The van der Waals surface area contributed by atoms with Gasteiger partial charge in [-0.25, -0.2) is 0 Å². The Morgan fingerprint density at radius 3 is 2.47 bits per heavy atom. The number of hydrogen-bond donors (Lipinski definition) is 1. The summed E-state index contributed by atoms with van der Waals surface area (Å²) in [6.07, 6.45) is 4.77. The van der Waals surface area contributed by atoms with Crippen molar-refractivity contribution in [3.8, 4) is 11.8 Å². The molecule has 102 valence electrons. The van der Waals surface area contributed by atoms with Crippen LogP contribution in [0.3, 0.4) is 0 Å². The van der Waals surface area contributed by atoms with Gasteiger partial charge in [-0.2, -0.15) is 0 Å². The largest absolute Gasteiger partial charge is 0.328 e. The number of nitrogens with two attached hydrogens (primary N) is 1. The molecule has 2 rings (SSSR count). The van der Waals surface area contributed by atoms with Crippen LogP contribution in [0.25, 0.3) is 0 Å². The summed E-state index contributed by atoms with van der Waals surface area (Å²) in [6.45, 7) is 4.16. The molecular formula is C17H24N2. The molecule has 0 bridgehead atoms. The van der Waals surface area contributed by atoms with Gasteiger partial charge in [-0.3, -0.25) is 4.90 Å². The van der Waals surface area contributed by atoms with Crippen molar-refractivity contribution in [2.45, 2.75) is 44.7 Å². The second-order valence-corrected chi connectivity index (χ2v) is 5.30. The quantitative estimate of drug-likeness (QED) is 0.842. The maximum absolute atomic E-state index is 5.97. The van der Waals surface area contributed by atoms with Crippen LogP contribution in [0.2, 0.25) is 0 Å². The highest BCUT2D eigenvalue weighted by Gasteiger charge is 2.22. The lowest BCUT2D eigenvalue weighted by atomic mass is 9.91. The standard InChI is InChI=1S/C17H24N2/c1-2-19(17-12-10-16(18)11-13-17)14-6-9-15-7-4-3-5-8-15/h3-5,7-8,16-17H,2,10-14,18H2,1H3. The Labute approximate surface area is 117 Å². The molecule has 19 heavy (non-hydrogen) atoms. The SMILES string of the molecule is CCN(CC#Cc1ccccc1)C1CCC(N)CC1. The van der Waals surface area contributed by atoms with E-state index in [1.807, 2.05) is 18.2 Å². The summed E-state index contributed by atoms with van der Waals surface area (Å²) >= 11 is 0. The topological polar surface area (TPSA) is 29.3 Å². The lowest BCUT2D eigenvalue weighted by Gasteiger charge is -2.34. The van der Waals surface area contributed by atoms with Crippen LogP contribution in [-0.2, 0) is 0 Å². The minimum atomic E-state index is 0.422. The molecule has 2 nitrogen and oxygen atoms in total. The Balaban J connectivity index is 1.88. The van der Waals surface area contributed by atoms with Crippen molar-refractivity contribution in [3.05, 3.63) is 35.9 Å². The minimum absolute atomic E-state index is 0.422. The highest BCUT2D eigenvalue weighted by molar-refractivity contribution is 5.33. The summed E-state index contributed by atoms with van der Waals surface area (Å²) in [5.74, 6) is 6.55. The molecule has 0 amide bonds. The predicted octanol–water partition coefficient (Wildman–Crippen LogP) is 2.63. The van der Waals surface area contributed by atoms with Crippen molar-refractivity contribution in [2.75, 3.05) is 13.1 Å². The molecule has 0 saturated heterocycles. The van der Waals surface area contributed by atoms with Gasteiger partial charge < -0.3 is 5.73 Å². The molecule has 2 N–H and O–H groups in total. The second-order valence-electron chi connectivity index (χ2n) is 5.30. The van der Waals surface area contributed by atoms with Crippen molar-refractivity contribution in [1.29, 1.82) is 0 Å². The Hall–Kier alpha value is -1.30. The van der Waals surface area contributed by atoms with Gasteiger partial charge >= 0.3 is 0 Å². The normalized spacial score (nSPS) is 22.9. The summed E-state index contributed by atoms with van der Waals surface area (Å²) in [5.41, 5.74) is 7.07. The molecule has 0 radical (unpaired) electrons. The van der Waals surface area contributed by atoms with Crippen LogP contribution in [0.15, 0.2) is 30.3 Å². The van der Waals surface area contributed by atoms with Crippen molar-refractivity contribution in [3.63, 3.8) is 0 Å². The first-order valence-corrected chi connectivity index (χ1v) is 7.33. The Morgan fingerprint density at radius 2 is 1.84 bits per heavy atom. The zero-order chi connectivity index (χ0) is 13.5. The van der Waals surface area contributed by atoms with Crippen LogP contribution < -0.4 is 5.73 Å². The zero-order valence-electron chi connectivity index (χ0n) is 11.8. The van der Waals surface area contributed by atoms with Crippen LogP contribution in [0.1, 0.15) is 38.2 Å². The molecule has 1 aliphatic carbocycles. The van der Waals surface area contributed by atoms with Gasteiger partial charge in [0.05, 0.1) is 6.54 Å². The predicted molar refractivity (Wildman–Crippen MR) is 80.8 cm³/mol. The van der Waals surface area contributed by atoms with E-state index in [2.05, 4.69) is 35.8 Å². The maximum atomic E-state index is 5.97. The molecule has 0 unspecified atom stereocenters. The molecule has 2 heteroatoms. The van der Waals surface area contributed by atoms with Crippen molar-refractivity contribution < 1.29 is 0 Å². The van der Waals surface area contributed by atoms with Crippen LogP contribution in [-0.4, -0.2) is 30.1 Å². The molecule has 0 spiro atoms. The van der Waals surface area contributed by atoms with Crippen LogP contribution in [0, 0.1) is 11.8 Å². The third kappa shape index (κ3) is 4.38. The summed E-state index contributed by atoms with van der Waals surface area (Å²) < 4.78 is 0. The summed E-state index contributed by atoms with van der Waals surface area (Å²) in [5, 5.41) is 0. The smallest absolute Gasteiger partial charge is 0.0607 e. The van der Waals surface area contributed by atoms with Crippen molar-refractivity contribution in [2.24, 2.45) is 5.73 Å². The molecule has 0 aromatic heterocycles. The summed E-state index contributed by atoms with van der Waals surface area (Å²) in [4.78, 5) is 2.49. The van der Waals surface area contributed by atoms with Gasteiger partial charge in [0, 0.05) is 17.6 Å². The van der Waals surface area contributed by atoms with Crippen LogP contribution in [0.5, 0.6) is 0 Å². The molecule has 1 aliphatic rings. The fourth-order valence-corrected chi connectivity index (χ4v) is 2.73. The first-order chi connectivity index (χ1) is 9.29. The van der Waals surface area contributed by atoms with E-state index in [1.54, 1.807) is 0 Å². The zero-order valence-corrected chi connectivity index (χ0v) is 11.8. The third-order valence-electron chi connectivity index (χ3n) is 3.95. The number of nitrogens with zero attached hydrogens (tertiary/aromatic N) is 1. The van der Waals surface area contributed by atoms with Gasteiger partial charge in [0.1, 0.15) is 0 Å². The van der Waals surface area contributed by atoms with Gasteiger partial charge in [0.25, 0.3) is 0 Å². The Bertz CT molecular complexity index is 422. The monoisotopic (exact) mass is 256 g/mol. The number of rotatable bonds is 3. The Morgan fingerprint density at radius 1 is 1.16 bits per heavy atom. The van der Waals surface area contributed by atoms with E-state index in [0.717, 1.165) is 31.5 Å². The highest BCUT2D eigenvalue weighted by atomic mass is 15.1. The van der Waals surface area contributed by atoms with Crippen molar-refractivity contribution >= 4 is 0 Å². The fraction of sp³-hybridized carbons (Fsp3) is 0.529. The van der Waals surface area contributed by atoms with Gasteiger partial charge in [-0.1, -0.05) is 37.0 Å². The molecule has 0 atom stereocenters. The van der Waals surface area contributed by atoms with Gasteiger partial charge in [0.15, 0.2) is 0 Å². The summed E-state index contributed by atoms with van der Waals surface area (Å²) in [6, 6.07) is 11.3. The van der Waals surface area contributed by atoms with Gasteiger partial charge in [-0.05, 0) is 44.4 Å². The van der Waals surface area contributed by atoms with E-state index in [0.29, 0.717) is 12.1 Å². The first-order valence-electron chi connectivity index (χ1n) is 7.33. The average Bonchev–Trinajstić information content (AvgIpc) is 2.46. The van der Waals surface area contributed by atoms with E-state index < -0.39 is 0 Å². The molecule has 0 aliphatic heterocycles. The second kappa shape index (κ2) is 7.33. The molecule has 1 fully saturated rings. The molecule has 1 aromatic carbocycles. The molecule has 0 heterocycles. The van der Waals surface area contributed by atoms with E-state index in [9.17, 15) is 0 Å². The maximum Gasteiger partial charge on any atom is 0.0607 e. The van der Waals surface area contributed by atoms with Crippen molar-refractivity contribution in [1.82, 2.24) is 4.90 Å². The Kier molecular flexibility index (Phi) is 5.44.